The van der Waals surface area contributed by atoms with Gasteiger partial charge in [0, 0.05) is 31.1 Å². The third-order valence-corrected chi connectivity index (χ3v) is 14.2. The van der Waals surface area contributed by atoms with Gasteiger partial charge >= 0.3 is 27.6 Å². The number of hydrogen-bond acceptors (Lipinski definition) is 16. The number of carbonyl (C=O) groups excluding carboxylic acids is 2. The van der Waals surface area contributed by atoms with E-state index in [-0.39, 0.29) is 32.1 Å². The lowest BCUT2D eigenvalue weighted by molar-refractivity contribution is -0.165. The van der Waals surface area contributed by atoms with Crippen LogP contribution in [-0.4, -0.2) is 137 Å². The monoisotopic (exact) mass is 1070 g/mol. The number of esters is 2. The van der Waals surface area contributed by atoms with Gasteiger partial charge in [0.1, 0.15) is 31.0 Å². The van der Waals surface area contributed by atoms with Crippen LogP contribution in [0.1, 0.15) is 162 Å². The van der Waals surface area contributed by atoms with E-state index in [1.54, 1.807) is 0 Å². The highest BCUT2D eigenvalue weighted by Gasteiger charge is 2.51. The Morgan fingerprint density at radius 2 is 1.35 bits per heavy atom. The van der Waals surface area contributed by atoms with Crippen LogP contribution in [0.2, 0.25) is 0 Å². The van der Waals surface area contributed by atoms with Gasteiger partial charge in [-0.25, -0.2) is 9.13 Å². The molecule has 19 nitrogen and oxygen atoms in total. The van der Waals surface area contributed by atoms with Crippen molar-refractivity contribution in [3.63, 3.8) is 0 Å². The van der Waals surface area contributed by atoms with Crippen LogP contribution in [0, 0.1) is 11.8 Å². The highest BCUT2D eigenvalue weighted by atomic mass is 31.2. The molecule has 10 N–H and O–H groups in total. The summed E-state index contributed by atoms with van der Waals surface area (Å²) in [6.07, 6.45) is 11.9. The van der Waals surface area contributed by atoms with Gasteiger partial charge in [-0.1, -0.05) is 132 Å². The third-order valence-electron chi connectivity index (χ3n) is 12.7. The molecular weight excluding hydrogens is 978 g/mol. The third kappa shape index (κ3) is 28.5. The molecule has 1 aliphatic heterocycles. The smallest absolute Gasteiger partial charge is 0.462 e. The number of allylic oxidation sites excluding steroid dienone is 8. The largest absolute Gasteiger partial charge is 0.472 e. The fraction of sp³-hybridized carbons (Fsp3) is 0.765. The van der Waals surface area contributed by atoms with Crippen molar-refractivity contribution in [2.24, 2.45) is 11.8 Å². The predicted molar refractivity (Wildman–Crippen MR) is 271 cm³/mol. The SMILES string of the molecule is CCCCC/C=C\C/C=C\C/C=C\C/C=C\CCCCCC(=O)O[C@@H]1COC(=O)CCCCCC[C@@H]2[C@@H](O)[C@H](O)[C@@H](O)[C@H](OP(=O)(O)OC1)[C@H](OP(=O)(O)O)[C@H](O)[C@@H](/C=C/[C@@H](O)CCCCC)[C@H](O)C[C@@H]2O. The number of cyclic esters (lactones) is 1. The summed E-state index contributed by atoms with van der Waals surface area (Å²) in [7, 11) is -11.5. The lowest BCUT2D eigenvalue weighted by Crippen LogP contribution is -2.56. The summed E-state index contributed by atoms with van der Waals surface area (Å²) < 4.78 is 52.4. The van der Waals surface area contributed by atoms with Gasteiger partial charge < -0.3 is 59.9 Å². The van der Waals surface area contributed by atoms with E-state index in [4.69, 9.17) is 23.0 Å². The lowest BCUT2D eigenvalue weighted by atomic mass is 9.82. The summed E-state index contributed by atoms with van der Waals surface area (Å²) >= 11 is 0. The zero-order chi connectivity index (χ0) is 53.4. The molecule has 2 aliphatic rings. The molecule has 416 valence electrons. The van der Waals surface area contributed by atoms with E-state index in [2.05, 4.69) is 55.5 Å². The Balaban J connectivity index is 2.26. The first-order valence-electron chi connectivity index (χ1n) is 26.1. The molecule has 0 aromatic carbocycles. The maximum absolute atomic E-state index is 13.8. The minimum absolute atomic E-state index is 0.0313. The molecule has 1 saturated carbocycles. The van der Waals surface area contributed by atoms with E-state index in [1.807, 2.05) is 6.92 Å². The van der Waals surface area contributed by atoms with Gasteiger partial charge in [0.2, 0.25) is 0 Å². The molecule has 2 bridgehead atoms. The molecule has 1 saturated heterocycles. The molecular formula is C51H88O19P2. The van der Waals surface area contributed by atoms with Crippen molar-refractivity contribution in [2.75, 3.05) is 13.2 Å². The Hall–Kier alpha value is -2.42. The molecule has 0 aromatic rings. The van der Waals surface area contributed by atoms with Gasteiger partial charge in [0.15, 0.2) is 6.10 Å². The van der Waals surface area contributed by atoms with Crippen LogP contribution in [0.15, 0.2) is 60.8 Å². The van der Waals surface area contributed by atoms with Gasteiger partial charge in [-0.3, -0.25) is 23.2 Å². The number of ether oxygens (including phenoxy) is 2. The predicted octanol–water partition coefficient (Wildman–Crippen LogP) is 7.00. The second-order valence-corrected chi connectivity index (χ2v) is 21.5. The van der Waals surface area contributed by atoms with E-state index in [0.717, 1.165) is 57.4 Å². The molecule has 2 rings (SSSR count). The van der Waals surface area contributed by atoms with Crippen LogP contribution < -0.4 is 0 Å². The number of carbonyl (C=O) groups is 2. The van der Waals surface area contributed by atoms with E-state index < -0.39 is 120 Å². The molecule has 0 spiro atoms. The maximum Gasteiger partial charge on any atom is 0.472 e. The van der Waals surface area contributed by atoms with Gasteiger partial charge in [-0.2, -0.15) is 0 Å². The van der Waals surface area contributed by atoms with Crippen LogP contribution in [0.4, 0.5) is 0 Å². The fourth-order valence-electron chi connectivity index (χ4n) is 8.51. The minimum Gasteiger partial charge on any atom is -0.462 e. The molecule has 1 aliphatic carbocycles. The Morgan fingerprint density at radius 3 is 1.97 bits per heavy atom. The Morgan fingerprint density at radius 1 is 0.750 bits per heavy atom. The molecule has 21 heteroatoms. The average molecular weight is 1070 g/mol. The van der Waals surface area contributed by atoms with Crippen LogP contribution in [0.25, 0.3) is 0 Å². The van der Waals surface area contributed by atoms with E-state index in [0.29, 0.717) is 38.5 Å². The highest BCUT2D eigenvalue weighted by molar-refractivity contribution is 7.47. The summed E-state index contributed by atoms with van der Waals surface area (Å²) in [4.78, 5) is 56.9. The van der Waals surface area contributed by atoms with Gasteiger partial charge in [0.25, 0.3) is 0 Å². The van der Waals surface area contributed by atoms with Crippen LogP contribution in [0.5, 0.6) is 0 Å². The zero-order valence-corrected chi connectivity index (χ0v) is 44.2. The number of hydrogen-bond donors (Lipinski definition) is 10. The molecule has 72 heavy (non-hydrogen) atoms. The topological polar surface area (TPSA) is 317 Å². The molecule has 13 atom stereocenters. The van der Waals surface area contributed by atoms with Gasteiger partial charge in [-0.05, 0) is 70.6 Å². The number of phosphoric ester groups is 2. The molecule has 2 fully saturated rings. The number of unbranched alkanes of at least 4 members (excludes halogenated alkanes) is 8. The first-order chi connectivity index (χ1) is 34.3. The maximum atomic E-state index is 13.8. The van der Waals surface area contributed by atoms with Crippen molar-refractivity contribution >= 4 is 27.6 Å². The number of aliphatic hydroxyl groups excluding tert-OH is 7. The number of fused-ring (bicyclic) bond motifs is 4. The van der Waals surface area contributed by atoms with Crippen molar-refractivity contribution in [2.45, 2.75) is 223 Å². The summed E-state index contributed by atoms with van der Waals surface area (Å²) in [6, 6.07) is 0. The minimum atomic E-state index is -5.77. The van der Waals surface area contributed by atoms with Gasteiger partial charge in [-0.15, -0.1) is 0 Å². The summed E-state index contributed by atoms with van der Waals surface area (Å²) in [6.45, 7) is 2.55. The van der Waals surface area contributed by atoms with Crippen molar-refractivity contribution in [1.82, 2.24) is 0 Å². The Kier molecular flexibility index (Phi) is 34.1. The second kappa shape index (κ2) is 37.3. The first kappa shape index (κ1) is 65.7. The standard InChI is InChI=1S/C51H88O19P2/c1-3-5-7-8-9-10-11-12-13-14-15-16-17-18-19-20-21-22-28-32-45(56)68-39-36-66-44(55)31-27-24-23-26-30-40-42(53)35-43(54)41(34-33-38(52)29-25-6-4-2)47(58)50(69-71(61,62)63)51(49(60)48(59)46(40)57)70-72(64,65)67-37-39/h9-10,12-13,15-16,18-19,33-34,38-43,46-54,57-60H,3-8,11,14,17,20-32,35-37H2,1-2H3,(H,64,65)(H2,61,62,63)/b10-9-,13-12-,16-15-,19-18-,34-33+/t38-,39+,40-,41-,42-,43+,46+,47+,48-,49+,50+,51-/m0/s1. The molecule has 1 heterocycles. The fourth-order valence-corrected chi connectivity index (χ4v) is 10.0. The normalized spacial score (nSPS) is 31.0. The molecule has 0 amide bonds. The Bertz CT molecular complexity index is 1730. The summed E-state index contributed by atoms with van der Waals surface area (Å²) in [5.74, 6) is -4.43. The first-order valence-corrected chi connectivity index (χ1v) is 29.1. The van der Waals surface area contributed by atoms with Crippen LogP contribution in [0.3, 0.4) is 0 Å². The van der Waals surface area contributed by atoms with Crippen molar-refractivity contribution in [3.05, 3.63) is 60.8 Å². The molecule has 1 unspecified atom stereocenters. The van der Waals surface area contributed by atoms with Crippen molar-refractivity contribution in [3.8, 4) is 0 Å². The molecule has 0 radical (unpaired) electrons. The highest BCUT2D eigenvalue weighted by Crippen LogP contribution is 2.50. The number of aliphatic hydroxyl groups is 7. The van der Waals surface area contributed by atoms with E-state index >= 15 is 0 Å². The van der Waals surface area contributed by atoms with Crippen molar-refractivity contribution < 1.29 is 92.2 Å². The molecule has 0 aromatic heterocycles. The van der Waals surface area contributed by atoms with Crippen LogP contribution in [-0.2, 0) is 41.8 Å². The average Bonchev–Trinajstić information content (AvgIpc) is 3.32. The lowest BCUT2D eigenvalue weighted by Gasteiger charge is -2.39. The number of phosphoric acid groups is 2. The quantitative estimate of drug-likeness (QED) is 0.0190. The van der Waals surface area contributed by atoms with Crippen molar-refractivity contribution in [1.29, 1.82) is 0 Å². The summed E-state index contributed by atoms with van der Waals surface area (Å²) in [5.41, 5.74) is 0. The summed E-state index contributed by atoms with van der Waals surface area (Å²) in [5, 5.41) is 80.0. The van der Waals surface area contributed by atoms with E-state index in [9.17, 15) is 69.1 Å². The van der Waals surface area contributed by atoms with Gasteiger partial charge in [0.05, 0.1) is 37.1 Å². The zero-order valence-electron chi connectivity index (χ0n) is 42.4. The number of rotatable bonds is 25. The van der Waals surface area contributed by atoms with Crippen LogP contribution >= 0.6 is 15.6 Å². The second-order valence-electron chi connectivity index (χ2n) is 18.9. The Labute approximate surface area is 426 Å². The van der Waals surface area contributed by atoms with E-state index in [1.165, 1.54) is 25.3 Å².